The minimum atomic E-state index is 0.320. The highest BCUT2D eigenvalue weighted by Crippen LogP contribution is 2.37. The molecule has 0 aliphatic carbocycles. The molecular weight excluding hydrogens is 204 g/mol. The Hall–Kier alpha value is -0.800. The van der Waals surface area contributed by atoms with Crippen LogP contribution in [0.15, 0.2) is 23.0 Å². The smallest absolute Gasteiger partial charge is 0.0939 e. The summed E-state index contributed by atoms with van der Waals surface area (Å²) < 4.78 is 16.9. The topological polar surface area (TPSA) is 31.6 Å². The lowest BCUT2D eigenvalue weighted by atomic mass is 9.87. The van der Waals surface area contributed by atoms with Gasteiger partial charge in [-0.05, 0) is 37.3 Å². The molecule has 0 bridgehead atoms. The third kappa shape index (κ3) is 1.89. The molecule has 2 atom stereocenters. The molecule has 3 heterocycles. The van der Waals surface area contributed by atoms with Crippen LogP contribution in [0.1, 0.15) is 37.2 Å². The summed E-state index contributed by atoms with van der Waals surface area (Å²) >= 11 is 0. The fraction of sp³-hybridized carbons (Fsp3) is 0.692. The van der Waals surface area contributed by atoms with Crippen LogP contribution in [0, 0.1) is 0 Å². The molecule has 16 heavy (non-hydrogen) atoms. The van der Waals surface area contributed by atoms with Gasteiger partial charge in [-0.3, -0.25) is 0 Å². The lowest BCUT2D eigenvalue weighted by Gasteiger charge is -2.27. The standard InChI is InChI=1S/C13H18O3/c1-3-11(15-6-1)13(10-5-8-14-9-10)12-4-2-7-16-12/h5,8-9,11-13H,1-4,6-7H2. The third-order valence-electron chi connectivity index (χ3n) is 3.66. The van der Waals surface area contributed by atoms with Crippen LogP contribution in [0.25, 0.3) is 0 Å². The number of hydrogen-bond acceptors (Lipinski definition) is 3. The summed E-state index contributed by atoms with van der Waals surface area (Å²) in [6.45, 7) is 1.79. The van der Waals surface area contributed by atoms with Gasteiger partial charge in [-0.25, -0.2) is 0 Å². The van der Waals surface area contributed by atoms with Gasteiger partial charge in [-0.2, -0.15) is 0 Å². The van der Waals surface area contributed by atoms with Crippen molar-refractivity contribution in [1.29, 1.82) is 0 Å². The summed E-state index contributed by atoms with van der Waals surface area (Å²) in [5, 5.41) is 0. The van der Waals surface area contributed by atoms with Gasteiger partial charge in [0.2, 0.25) is 0 Å². The summed E-state index contributed by atoms with van der Waals surface area (Å²) in [5.41, 5.74) is 1.24. The molecule has 3 heteroatoms. The van der Waals surface area contributed by atoms with Gasteiger partial charge in [0.1, 0.15) is 0 Å². The van der Waals surface area contributed by atoms with E-state index in [1.807, 2.05) is 12.3 Å². The average molecular weight is 222 g/mol. The van der Waals surface area contributed by atoms with Gasteiger partial charge in [0, 0.05) is 19.1 Å². The molecule has 0 amide bonds. The van der Waals surface area contributed by atoms with Crippen LogP contribution in [0.5, 0.6) is 0 Å². The Kier molecular flexibility index (Phi) is 2.98. The zero-order valence-electron chi connectivity index (χ0n) is 9.43. The Labute approximate surface area is 95.7 Å². The van der Waals surface area contributed by atoms with Crippen LogP contribution in [0.3, 0.4) is 0 Å². The fourth-order valence-electron chi connectivity index (χ4n) is 2.90. The van der Waals surface area contributed by atoms with E-state index in [-0.39, 0.29) is 0 Å². The van der Waals surface area contributed by atoms with Crippen molar-refractivity contribution < 1.29 is 13.9 Å². The molecule has 1 aromatic heterocycles. The molecule has 2 aliphatic rings. The van der Waals surface area contributed by atoms with E-state index in [9.17, 15) is 0 Å². The maximum absolute atomic E-state index is 5.83. The minimum Gasteiger partial charge on any atom is -0.472 e. The Morgan fingerprint density at radius 3 is 2.19 bits per heavy atom. The van der Waals surface area contributed by atoms with Crippen molar-refractivity contribution in [1.82, 2.24) is 0 Å². The van der Waals surface area contributed by atoms with E-state index in [1.165, 1.54) is 18.4 Å². The van der Waals surface area contributed by atoms with E-state index >= 15 is 0 Å². The Bertz CT molecular complexity index is 292. The number of furan rings is 1. The van der Waals surface area contributed by atoms with Gasteiger partial charge < -0.3 is 13.9 Å². The highest BCUT2D eigenvalue weighted by atomic mass is 16.5. The van der Waals surface area contributed by atoms with Gasteiger partial charge in [0.05, 0.1) is 24.7 Å². The van der Waals surface area contributed by atoms with Crippen LogP contribution in [0.2, 0.25) is 0 Å². The van der Waals surface area contributed by atoms with E-state index in [0.717, 1.165) is 26.1 Å². The normalized spacial score (nSPS) is 32.0. The van der Waals surface area contributed by atoms with E-state index in [1.54, 1.807) is 6.26 Å². The molecule has 88 valence electrons. The molecule has 0 N–H and O–H groups in total. The first-order valence-corrected chi connectivity index (χ1v) is 6.20. The summed E-state index contributed by atoms with van der Waals surface area (Å²) in [7, 11) is 0. The molecule has 0 aromatic carbocycles. The van der Waals surface area contributed by atoms with Crippen molar-refractivity contribution in [2.75, 3.05) is 13.2 Å². The third-order valence-corrected chi connectivity index (χ3v) is 3.66. The zero-order valence-corrected chi connectivity index (χ0v) is 9.43. The van der Waals surface area contributed by atoms with Crippen LogP contribution < -0.4 is 0 Å². The Balaban J connectivity index is 1.81. The fourth-order valence-corrected chi connectivity index (χ4v) is 2.90. The first-order valence-electron chi connectivity index (χ1n) is 6.20. The van der Waals surface area contributed by atoms with Crippen LogP contribution in [0.4, 0.5) is 0 Å². The van der Waals surface area contributed by atoms with Gasteiger partial charge in [-0.1, -0.05) is 0 Å². The van der Waals surface area contributed by atoms with Gasteiger partial charge >= 0.3 is 0 Å². The SMILES string of the molecule is c1cc(C(C2CCCO2)C2CCCO2)co1. The van der Waals surface area contributed by atoms with Gasteiger partial charge in [0.25, 0.3) is 0 Å². The van der Waals surface area contributed by atoms with Crippen molar-refractivity contribution in [3.8, 4) is 0 Å². The molecule has 2 fully saturated rings. The molecule has 0 spiro atoms. The van der Waals surface area contributed by atoms with Crippen molar-refractivity contribution >= 4 is 0 Å². The highest BCUT2D eigenvalue weighted by Gasteiger charge is 2.36. The second-order valence-electron chi connectivity index (χ2n) is 4.69. The molecule has 3 nitrogen and oxygen atoms in total. The van der Waals surface area contributed by atoms with Crippen molar-refractivity contribution in [2.24, 2.45) is 0 Å². The number of ether oxygens (including phenoxy) is 2. The lowest BCUT2D eigenvalue weighted by Crippen LogP contribution is -2.28. The average Bonchev–Trinajstić information content (AvgIpc) is 3.02. The number of hydrogen-bond donors (Lipinski definition) is 0. The molecule has 1 aromatic rings. The van der Waals surface area contributed by atoms with Crippen molar-refractivity contribution in [3.63, 3.8) is 0 Å². The predicted octanol–water partition coefficient (Wildman–Crippen LogP) is 2.72. The van der Waals surface area contributed by atoms with Crippen molar-refractivity contribution in [2.45, 2.75) is 43.8 Å². The van der Waals surface area contributed by atoms with E-state index in [2.05, 4.69) is 0 Å². The predicted molar refractivity (Wildman–Crippen MR) is 59.4 cm³/mol. The van der Waals surface area contributed by atoms with E-state index < -0.39 is 0 Å². The molecule has 2 saturated heterocycles. The highest BCUT2D eigenvalue weighted by molar-refractivity contribution is 5.17. The quantitative estimate of drug-likeness (QED) is 0.788. The Morgan fingerprint density at radius 1 is 1.06 bits per heavy atom. The van der Waals surface area contributed by atoms with Gasteiger partial charge in [-0.15, -0.1) is 0 Å². The molecule has 2 aliphatic heterocycles. The van der Waals surface area contributed by atoms with Crippen LogP contribution in [-0.4, -0.2) is 25.4 Å². The van der Waals surface area contributed by atoms with Crippen LogP contribution in [-0.2, 0) is 9.47 Å². The second kappa shape index (κ2) is 4.60. The van der Waals surface area contributed by atoms with Crippen molar-refractivity contribution in [3.05, 3.63) is 24.2 Å². The summed E-state index contributed by atoms with van der Waals surface area (Å²) in [5.74, 6) is 0.365. The van der Waals surface area contributed by atoms with E-state index in [0.29, 0.717) is 18.1 Å². The largest absolute Gasteiger partial charge is 0.472 e. The molecule has 2 unspecified atom stereocenters. The van der Waals surface area contributed by atoms with Gasteiger partial charge in [0.15, 0.2) is 0 Å². The second-order valence-corrected chi connectivity index (χ2v) is 4.69. The van der Waals surface area contributed by atoms with Crippen LogP contribution >= 0.6 is 0 Å². The monoisotopic (exact) mass is 222 g/mol. The number of rotatable bonds is 3. The maximum Gasteiger partial charge on any atom is 0.0939 e. The zero-order chi connectivity index (χ0) is 10.8. The molecule has 0 saturated carbocycles. The first kappa shape index (κ1) is 10.4. The Morgan fingerprint density at radius 2 is 1.75 bits per heavy atom. The molecular formula is C13H18O3. The molecule has 0 radical (unpaired) electrons. The molecule has 3 rings (SSSR count). The lowest BCUT2D eigenvalue weighted by molar-refractivity contribution is 0.0143. The first-order chi connectivity index (χ1) is 7.95. The maximum atomic E-state index is 5.83. The summed E-state index contributed by atoms with van der Waals surface area (Å²) in [6.07, 6.45) is 8.87. The minimum absolute atomic E-state index is 0.320. The summed E-state index contributed by atoms with van der Waals surface area (Å²) in [4.78, 5) is 0. The summed E-state index contributed by atoms with van der Waals surface area (Å²) in [6, 6.07) is 2.05. The van der Waals surface area contributed by atoms with E-state index in [4.69, 9.17) is 13.9 Å².